The average molecular weight is 413 g/mol. The third kappa shape index (κ3) is 4.51. The summed E-state index contributed by atoms with van der Waals surface area (Å²) in [6.07, 6.45) is 0.187. The first-order valence-electron chi connectivity index (χ1n) is 9.13. The van der Waals surface area contributed by atoms with E-state index in [2.05, 4.69) is 4.98 Å². The molecule has 0 N–H and O–H groups in total. The van der Waals surface area contributed by atoms with E-state index >= 15 is 0 Å². The standard InChI is InChI=1S/C22H18F3N3O2/c1-3-30-21(29)16(11-26)10-17-13-28(20-19(17)5-4-6-27-20)12-15-7-14(2)8-18(9-15)22(23,24)25/h4-10,13H,3,12H2,1-2H3/b16-10+. The quantitative estimate of drug-likeness (QED) is 0.340. The third-order valence-corrected chi connectivity index (χ3v) is 4.40. The Morgan fingerprint density at radius 1 is 1.33 bits per heavy atom. The normalized spacial score (nSPS) is 12.1. The van der Waals surface area contributed by atoms with Crippen molar-refractivity contribution in [3.63, 3.8) is 0 Å². The van der Waals surface area contributed by atoms with E-state index in [1.54, 1.807) is 49.0 Å². The van der Waals surface area contributed by atoms with Crippen LogP contribution in [0.3, 0.4) is 0 Å². The van der Waals surface area contributed by atoms with E-state index in [1.807, 2.05) is 6.07 Å². The predicted molar refractivity (Wildman–Crippen MR) is 105 cm³/mol. The van der Waals surface area contributed by atoms with Crippen LogP contribution < -0.4 is 0 Å². The minimum atomic E-state index is -4.44. The molecule has 0 saturated carbocycles. The zero-order valence-corrected chi connectivity index (χ0v) is 16.3. The van der Waals surface area contributed by atoms with Gasteiger partial charge in [-0.3, -0.25) is 0 Å². The smallest absolute Gasteiger partial charge is 0.416 e. The Morgan fingerprint density at radius 2 is 2.10 bits per heavy atom. The highest BCUT2D eigenvalue weighted by Crippen LogP contribution is 2.31. The van der Waals surface area contributed by atoms with Gasteiger partial charge in [0.2, 0.25) is 0 Å². The van der Waals surface area contributed by atoms with Gasteiger partial charge >= 0.3 is 12.1 Å². The molecule has 3 aromatic rings. The number of rotatable bonds is 5. The van der Waals surface area contributed by atoms with E-state index in [4.69, 9.17) is 4.74 Å². The summed E-state index contributed by atoms with van der Waals surface area (Å²) >= 11 is 0. The van der Waals surface area contributed by atoms with Crippen molar-refractivity contribution in [2.24, 2.45) is 0 Å². The van der Waals surface area contributed by atoms with Gasteiger partial charge in [0, 0.05) is 29.9 Å². The lowest BCUT2D eigenvalue weighted by Gasteiger charge is -2.11. The highest BCUT2D eigenvalue weighted by atomic mass is 19.4. The summed E-state index contributed by atoms with van der Waals surface area (Å²) in [7, 11) is 0. The van der Waals surface area contributed by atoms with E-state index in [0.717, 1.165) is 12.1 Å². The third-order valence-electron chi connectivity index (χ3n) is 4.40. The molecule has 0 aliphatic carbocycles. The molecule has 3 rings (SSSR count). The largest absolute Gasteiger partial charge is 0.462 e. The van der Waals surface area contributed by atoms with Crippen LogP contribution in [0.1, 0.15) is 29.2 Å². The van der Waals surface area contributed by atoms with Crippen LogP contribution in [0.15, 0.2) is 48.3 Å². The fourth-order valence-corrected chi connectivity index (χ4v) is 3.20. The van der Waals surface area contributed by atoms with E-state index in [1.165, 1.54) is 6.08 Å². The molecule has 2 aromatic heterocycles. The minimum absolute atomic E-state index is 0.135. The molecule has 0 aliphatic rings. The zero-order valence-electron chi connectivity index (χ0n) is 16.3. The van der Waals surface area contributed by atoms with Gasteiger partial charge in [0.1, 0.15) is 17.3 Å². The molecule has 1 aromatic carbocycles. The van der Waals surface area contributed by atoms with Gasteiger partial charge in [0.25, 0.3) is 0 Å². The molecule has 0 spiro atoms. The van der Waals surface area contributed by atoms with Crippen molar-refractivity contribution >= 4 is 23.1 Å². The Kier molecular flexibility index (Phi) is 5.92. The van der Waals surface area contributed by atoms with Crippen molar-refractivity contribution in [1.82, 2.24) is 9.55 Å². The summed E-state index contributed by atoms with van der Waals surface area (Å²) in [4.78, 5) is 16.3. The number of benzene rings is 1. The van der Waals surface area contributed by atoms with Gasteiger partial charge in [-0.25, -0.2) is 9.78 Å². The molecule has 0 bridgehead atoms. The van der Waals surface area contributed by atoms with Gasteiger partial charge in [-0.2, -0.15) is 18.4 Å². The molecule has 0 saturated heterocycles. The summed E-state index contributed by atoms with van der Waals surface area (Å²) in [5.74, 6) is -0.738. The number of pyridine rings is 1. The van der Waals surface area contributed by atoms with Gasteiger partial charge in [-0.1, -0.05) is 11.6 Å². The number of aryl methyl sites for hydroxylation is 1. The number of alkyl halides is 3. The second kappa shape index (κ2) is 8.41. The van der Waals surface area contributed by atoms with Crippen LogP contribution in [0.5, 0.6) is 0 Å². The minimum Gasteiger partial charge on any atom is -0.462 e. The van der Waals surface area contributed by atoms with Crippen molar-refractivity contribution in [3.05, 3.63) is 70.6 Å². The van der Waals surface area contributed by atoms with E-state index < -0.39 is 17.7 Å². The van der Waals surface area contributed by atoms with Crippen LogP contribution in [0.25, 0.3) is 17.1 Å². The molecule has 0 aliphatic heterocycles. The number of nitriles is 1. The lowest BCUT2D eigenvalue weighted by atomic mass is 10.1. The number of hydrogen-bond donors (Lipinski definition) is 0. The topological polar surface area (TPSA) is 67.9 Å². The maximum Gasteiger partial charge on any atom is 0.416 e. The molecule has 0 atom stereocenters. The molecule has 2 heterocycles. The fraction of sp³-hybridized carbons (Fsp3) is 0.227. The van der Waals surface area contributed by atoms with Gasteiger partial charge in [-0.15, -0.1) is 0 Å². The Bertz CT molecular complexity index is 1170. The van der Waals surface area contributed by atoms with Crippen LogP contribution in [-0.4, -0.2) is 22.1 Å². The van der Waals surface area contributed by atoms with Crippen LogP contribution in [0.4, 0.5) is 13.2 Å². The maximum absolute atomic E-state index is 13.2. The van der Waals surface area contributed by atoms with Gasteiger partial charge < -0.3 is 9.30 Å². The van der Waals surface area contributed by atoms with Crippen LogP contribution >= 0.6 is 0 Å². The fourth-order valence-electron chi connectivity index (χ4n) is 3.20. The number of nitrogens with zero attached hydrogens (tertiary/aromatic N) is 3. The summed E-state index contributed by atoms with van der Waals surface area (Å²) in [5.41, 5.74) is 1.15. The van der Waals surface area contributed by atoms with Crippen molar-refractivity contribution < 1.29 is 22.7 Å². The van der Waals surface area contributed by atoms with E-state index in [-0.39, 0.29) is 18.7 Å². The Morgan fingerprint density at radius 3 is 2.77 bits per heavy atom. The summed E-state index contributed by atoms with van der Waals surface area (Å²) in [6, 6.07) is 9.18. The molecule has 30 heavy (non-hydrogen) atoms. The molecule has 0 fully saturated rings. The van der Waals surface area contributed by atoms with Crippen molar-refractivity contribution in [2.45, 2.75) is 26.6 Å². The number of esters is 1. The van der Waals surface area contributed by atoms with Crippen LogP contribution in [0, 0.1) is 18.3 Å². The number of ether oxygens (including phenoxy) is 1. The van der Waals surface area contributed by atoms with E-state index in [0.29, 0.717) is 27.7 Å². The van der Waals surface area contributed by atoms with Gasteiger partial charge in [-0.05, 0) is 49.8 Å². The molecule has 0 amide bonds. The van der Waals surface area contributed by atoms with Crippen molar-refractivity contribution in [3.8, 4) is 6.07 Å². The molecule has 5 nitrogen and oxygen atoms in total. The van der Waals surface area contributed by atoms with Crippen molar-refractivity contribution in [2.75, 3.05) is 6.61 Å². The SMILES string of the molecule is CCOC(=O)/C(C#N)=C/c1cn(Cc2cc(C)cc(C(F)(F)F)c2)c2ncccc12. The molecular formula is C22H18F3N3O2. The summed E-state index contributed by atoms with van der Waals surface area (Å²) in [6.45, 7) is 3.53. The molecule has 154 valence electrons. The van der Waals surface area contributed by atoms with Gasteiger partial charge in [0.05, 0.1) is 12.2 Å². The van der Waals surface area contributed by atoms with Gasteiger partial charge in [0.15, 0.2) is 0 Å². The molecular weight excluding hydrogens is 395 g/mol. The molecule has 8 heteroatoms. The first kappa shape index (κ1) is 21.1. The van der Waals surface area contributed by atoms with Crippen molar-refractivity contribution in [1.29, 1.82) is 5.26 Å². The molecule has 0 unspecified atom stereocenters. The number of carbonyl (C=O) groups is 1. The second-order valence-corrected chi connectivity index (χ2v) is 6.68. The average Bonchev–Trinajstić information content (AvgIpc) is 3.02. The monoisotopic (exact) mass is 413 g/mol. The predicted octanol–water partition coefficient (Wildman–Crippen LogP) is 4.88. The maximum atomic E-state index is 13.2. The lowest BCUT2D eigenvalue weighted by Crippen LogP contribution is -2.07. The number of carbonyl (C=O) groups excluding carboxylic acids is 1. The Hall–Kier alpha value is -3.60. The molecule has 0 radical (unpaired) electrons. The first-order valence-corrected chi connectivity index (χ1v) is 9.13. The summed E-state index contributed by atoms with van der Waals surface area (Å²) < 4.78 is 46.1. The number of aromatic nitrogens is 2. The Labute approximate surface area is 171 Å². The van der Waals surface area contributed by atoms with Crippen LogP contribution in [-0.2, 0) is 22.3 Å². The number of fused-ring (bicyclic) bond motifs is 1. The summed E-state index contributed by atoms with van der Waals surface area (Å²) in [5, 5.41) is 9.95. The number of hydrogen-bond acceptors (Lipinski definition) is 4. The number of halogens is 3. The first-order chi connectivity index (χ1) is 14.2. The van der Waals surface area contributed by atoms with Crippen LogP contribution in [0.2, 0.25) is 0 Å². The second-order valence-electron chi connectivity index (χ2n) is 6.68. The highest BCUT2D eigenvalue weighted by Gasteiger charge is 2.30. The zero-order chi connectivity index (χ0) is 21.9. The Balaban J connectivity index is 2.06. The lowest BCUT2D eigenvalue weighted by molar-refractivity contribution is -0.138. The highest BCUT2D eigenvalue weighted by molar-refractivity contribution is 6.00. The van der Waals surface area contributed by atoms with E-state index in [9.17, 15) is 23.2 Å².